The minimum atomic E-state index is -4.68. The summed E-state index contributed by atoms with van der Waals surface area (Å²) in [6.07, 6.45) is -4.72. The van der Waals surface area contributed by atoms with E-state index in [2.05, 4.69) is 15.3 Å². The molecule has 2 N–H and O–H groups in total. The molecule has 1 fully saturated rings. The molecule has 6 nitrogen and oxygen atoms in total. The molecule has 3 heterocycles. The van der Waals surface area contributed by atoms with E-state index in [0.717, 1.165) is 12.1 Å². The highest BCUT2D eigenvalue weighted by Gasteiger charge is 2.35. The molecule has 31 heavy (non-hydrogen) atoms. The van der Waals surface area contributed by atoms with E-state index in [4.69, 9.17) is 4.74 Å². The maximum Gasteiger partial charge on any atom is 0.417 e. The Morgan fingerprint density at radius 1 is 1.16 bits per heavy atom. The summed E-state index contributed by atoms with van der Waals surface area (Å²) in [5.74, 6) is 0.273. The van der Waals surface area contributed by atoms with Crippen molar-refractivity contribution in [2.24, 2.45) is 0 Å². The predicted molar refractivity (Wildman–Crippen MR) is 112 cm³/mol. The number of aromatic nitrogens is 2. The first-order chi connectivity index (χ1) is 14.7. The largest absolute Gasteiger partial charge is 0.417 e. The Morgan fingerprint density at radius 2 is 1.84 bits per heavy atom. The molecule has 0 unspecified atom stereocenters. The molecular weight excluding hydrogens is 409 g/mol. The number of aromatic amines is 1. The maximum atomic E-state index is 13.8. The first-order valence-corrected chi connectivity index (χ1v) is 10.0. The number of benzene rings is 1. The highest BCUT2D eigenvalue weighted by atomic mass is 19.4. The molecule has 1 aliphatic rings. The van der Waals surface area contributed by atoms with Gasteiger partial charge in [0.05, 0.1) is 28.9 Å². The Kier molecular flexibility index (Phi) is 5.72. The zero-order valence-corrected chi connectivity index (χ0v) is 17.2. The van der Waals surface area contributed by atoms with Gasteiger partial charge < -0.3 is 15.0 Å². The number of alkyl halides is 3. The number of hydrogen-bond acceptors (Lipinski definition) is 5. The fourth-order valence-electron chi connectivity index (χ4n) is 4.00. The van der Waals surface area contributed by atoms with Crippen LogP contribution in [0.25, 0.3) is 11.0 Å². The molecule has 0 aliphatic carbocycles. The van der Waals surface area contributed by atoms with Crippen molar-refractivity contribution < 1.29 is 17.9 Å². The van der Waals surface area contributed by atoms with Crippen LogP contribution in [0.3, 0.4) is 0 Å². The zero-order valence-electron chi connectivity index (χ0n) is 17.2. The Bertz CT molecular complexity index is 1120. The van der Waals surface area contributed by atoms with Crippen LogP contribution in [0.1, 0.15) is 25.1 Å². The summed E-state index contributed by atoms with van der Waals surface area (Å²) in [7, 11) is 0. The van der Waals surface area contributed by atoms with Gasteiger partial charge in [-0.15, -0.1) is 0 Å². The standard InChI is InChI=1S/C22H23F3N4O2/c1-13-10-29(11-14(2)31-13)12-16-8-17(22(23,24)25)20-18(30)9-19(28-21(20)27-16)26-15-6-4-3-5-7-15/h3-9,13-14H,10-12H2,1-2H3,(H2,26,27,28,30)/t13-,14+. The Balaban J connectivity index is 1.76. The molecule has 2 aromatic heterocycles. The number of halogens is 3. The Morgan fingerprint density at radius 3 is 2.48 bits per heavy atom. The van der Waals surface area contributed by atoms with Gasteiger partial charge in [0.1, 0.15) is 11.5 Å². The van der Waals surface area contributed by atoms with Gasteiger partial charge in [0.25, 0.3) is 0 Å². The highest BCUT2D eigenvalue weighted by Crippen LogP contribution is 2.34. The quantitative estimate of drug-likeness (QED) is 0.644. The molecule has 4 rings (SSSR count). The molecule has 1 aromatic carbocycles. The van der Waals surface area contributed by atoms with Gasteiger partial charge in [-0.3, -0.25) is 9.69 Å². The zero-order chi connectivity index (χ0) is 22.2. The fraction of sp³-hybridized carbons (Fsp3) is 0.364. The number of ether oxygens (including phenoxy) is 1. The SMILES string of the molecule is C[C@@H]1CN(Cc2cc(C(F)(F)F)c3c(=O)cc(Nc4ccccc4)[nH]c3n2)C[C@H](C)O1. The molecule has 164 valence electrons. The second-order valence-electron chi connectivity index (χ2n) is 7.87. The third-order valence-corrected chi connectivity index (χ3v) is 5.09. The smallest absolute Gasteiger partial charge is 0.373 e. The van der Waals surface area contributed by atoms with Gasteiger partial charge in [-0.05, 0) is 32.0 Å². The van der Waals surface area contributed by atoms with Crippen LogP contribution in [-0.2, 0) is 17.5 Å². The van der Waals surface area contributed by atoms with E-state index in [-0.39, 0.29) is 35.9 Å². The summed E-state index contributed by atoms with van der Waals surface area (Å²) in [6, 6.07) is 11.1. The molecule has 3 aromatic rings. The molecular formula is C22H23F3N4O2. The second-order valence-corrected chi connectivity index (χ2v) is 7.87. The third-order valence-electron chi connectivity index (χ3n) is 5.09. The predicted octanol–water partition coefficient (Wildman–Crippen LogP) is 4.29. The van der Waals surface area contributed by atoms with Crippen molar-refractivity contribution >= 4 is 22.5 Å². The normalized spacial score (nSPS) is 20.2. The summed E-state index contributed by atoms with van der Waals surface area (Å²) in [6.45, 7) is 5.28. The minimum Gasteiger partial charge on any atom is -0.373 e. The van der Waals surface area contributed by atoms with Crippen LogP contribution in [0, 0.1) is 0 Å². The van der Waals surface area contributed by atoms with Gasteiger partial charge in [-0.25, -0.2) is 4.98 Å². The molecule has 0 saturated carbocycles. The third kappa shape index (κ3) is 4.88. The molecule has 0 radical (unpaired) electrons. The highest BCUT2D eigenvalue weighted by molar-refractivity contribution is 5.81. The van der Waals surface area contributed by atoms with Crippen LogP contribution >= 0.6 is 0 Å². The van der Waals surface area contributed by atoms with Gasteiger partial charge in [-0.1, -0.05) is 18.2 Å². The van der Waals surface area contributed by atoms with Crippen LogP contribution in [-0.4, -0.2) is 40.2 Å². The van der Waals surface area contributed by atoms with Gasteiger partial charge in [-0.2, -0.15) is 13.2 Å². The lowest BCUT2D eigenvalue weighted by atomic mass is 10.1. The van der Waals surface area contributed by atoms with Crippen LogP contribution in [0.2, 0.25) is 0 Å². The molecule has 0 spiro atoms. The average molecular weight is 432 g/mol. The Labute approximate surface area is 177 Å². The number of morpholine rings is 1. The monoisotopic (exact) mass is 432 g/mol. The lowest BCUT2D eigenvalue weighted by Gasteiger charge is -2.35. The fourth-order valence-corrected chi connectivity index (χ4v) is 4.00. The van der Waals surface area contributed by atoms with Crippen molar-refractivity contribution in [2.45, 2.75) is 38.8 Å². The minimum absolute atomic E-state index is 0.0206. The summed E-state index contributed by atoms with van der Waals surface area (Å²) >= 11 is 0. The van der Waals surface area contributed by atoms with Crippen LogP contribution in [0.4, 0.5) is 24.7 Å². The van der Waals surface area contributed by atoms with Crippen molar-refractivity contribution in [2.75, 3.05) is 18.4 Å². The topological polar surface area (TPSA) is 70.2 Å². The number of hydrogen-bond donors (Lipinski definition) is 2. The van der Waals surface area contributed by atoms with Crippen LogP contribution in [0.5, 0.6) is 0 Å². The van der Waals surface area contributed by atoms with Crippen molar-refractivity contribution in [1.82, 2.24) is 14.9 Å². The lowest BCUT2D eigenvalue weighted by molar-refractivity contribution is -0.136. The number of pyridine rings is 2. The first-order valence-electron chi connectivity index (χ1n) is 10.0. The van der Waals surface area contributed by atoms with Crippen molar-refractivity contribution in [1.29, 1.82) is 0 Å². The average Bonchev–Trinajstić information content (AvgIpc) is 2.66. The summed E-state index contributed by atoms with van der Waals surface area (Å²) in [5, 5.41) is 2.54. The van der Waals surface area contributed by atoms with Crippen LogP contribution in [0.15, 0.2) is 47.3 Å². The number of nitrogens with one attached hydrogen (secondary N) is 2. The van der Waals surface area contributed by atoms with Crippen molar-refractivity contribution in [3.63, 3.8) is 0 Å². The molecule has 1 saturated heterocycles. The van der Waals surface area contributed by atoms with Gasteiger partial charge in [0.15, 0.2) is 5.43 Å². The van der Waals surface area contributed by atoms with E-state index in [1.807, 2.05) is 36.9 Å². The molecule has 0 bridgehead atoms. The molecule has 1 aliphatic heterocycles. The van der Waals surface area contributed by atoms with E-state index in [9.17, 15) is 18.0 Å². The summed E-state index contributed by atoms with van der Waals surface area (Å²) in [4.78, 5) is 21.9. The van der Waals surface area contributed by atoms with E-state index < -0.39 is 22.6 Å². The summed E-state index contributed by atoms with van der Waals surface area (Å²) in [5.41, 5.74) is -0.874. The van der Waals surface area contributed by atoms with E-state index >= 15 is 0 Å². The number of H-pyrrole nitrogens is 1. The molecule has 2 atom stereocenters. The molecule has 9 heteroatoms. The summed E-state index contributed by atoms with van der Waals surface area (Å²) < 4.78 is 47.1. The number of rotatable bonds is 4. The number of fused-ring (bicyclic) bond motifs is 1. The van der Waals surface area contributed by atoms with E-state index in [1.165, 1.54) is 0 Å². The first kappa shape index (κ1) is 21.3. The number of anilines is 2. The number of para-hydroxylation sites is 1. The van der Waals surface area contributed by atoms with Crippen molar-refractivity contribution in [3.8, 4) is 0 Å². The van der Waals surface area contributed by atoms with E-state index in [1.54, 1.807) is 12.1 Å². The van der Waals surface area contributed by atoms with Gasteiger partial charge in [0, 0.05) is 31.4 Å². The van der Waals surface area contributed by atoms with Crippen molar-refractivity contribution in [3.05, 3.63) is 63.9 Å². The Hall–Kier alpha value is -2.91. The van der Waals surface area contributed by atoms with Crippen LogP contribution < -0.4 is 10.7 Å². The van der Waals surface area contributed by atoms with Gasteiger partial charge in [0.2, 0.25) is 0 Å². The number of nitrogens with zero attached hydrogens (tertiary/aromatic N) is 2. The second kappa shape index (κ2) is 8.32. The lowest BCUT2D eigenvalue weighted by Crippen LogP contribution is -2.45. The maximum absolute atomic E-state index is 13.8. The molecule has 0 amide bonds. The van der Waals surface area contributed by atoms with E-state index in [0.29, 0.717) is 18.8 Å². The van der Waals surface area contributed by atoms with Gasteiger partial charge >= 0.3 is 6.18 Å².